The van der Waals surface area contributed by atoms with Crippen molar-refractivity contribution in [3.63, 3.8) is 0 Å². The van der Waals surface area contributed by atoms with Crippen molar-refractivity contribution in [2.75, 3.05) is 0 Å². The van der Waals surface area contributed by atoms with Gasteiger partial charge in [0.2, 0.25) is 0 Å². The van der Waals surface area contributed by atoms with E-state index in [2.05, 4.69) is 4.98 Å². The molecule has 2 rings (SSSR count). The van der Waals surface area contributed by atoms with Gasteiger partial charge in [0.15, 0.2) is 0 Å². The number of carboxylic acid groups (broad SMARTS) is 1. The van der Waals surface area contributed by atoms with Gasteiger partial charge in [-0.15, -0.1) is 0 Å². The Morgan fingerprint density at radius 2 is 1.95 bits per heavy atom. The molecule has 0 aliphatic carbocycles. The number of aliphatic carboxylic acids is 1. The summed E-state index contributed by atoms with van der Waals surface area (Å²) < 4.78 is 13.8. The van der Waals surface area contributed by atoms with E-state index in [1.165, 1.54) is 12.1 Å². The van der Waals surface area contributed by atoms with Crippen molar-refractivity contribution in [2.24, 2.45) is 0 Å². The molecular weight excluding hydrogens is 257 g/mol. The molecule has 2 aromatic rings. The lowest BCUT2D eigenvalue weighted by Crippen LogP contribution is -2.07. The fourth-order valence-corrected chi connectivity index (χ4v) is 2.31. The number of aromatic nitrogens is 1. The Bertz CT molecular complexity index is 624. The van der Waals surface area contributed by atoms with Gasteiger partial charge in [-0.05, 0) is 52.4 Å². The maximum Gasteiger partial charge on any atom is 0.307 e. The summed E-state index contributed by atoms with van der Waals surface area (Å²) in [5, 5.41) is 9.11. The predicted molar refractivity (Wildman–Crippen MR) is 75.1 cm³/mol. The van der Waals surface area contributed by atoms with Crippen LogP contribution in [-0.4, -0.2) is 16.1 Å². The zero-order valence-corrected chi connectivity index (χ0v) is 11.4. The summed E-state index contributed by atoms with van der Waals surface area (Å²) in [7, 11) is 0. The minimum absolute atomic E-state index is 0.0561. The Kier molecular flexibility index (Phi) is 4.13. The molecule has 104 valence electrons. The molecule has 0 fully saturated rings. The average Bonchev–Trinajstić information content (AvgIpc) is 2.40. The number of hydrogen-bond donors (Lipinski definition) is 1. The number of pyridine rings is 1. The van der Waals surface area contributed by atoms with E-state index in [0.29, 0.717) is 11.1 Å². The normalized spacial score (nSPS) is 10.8. The third kappa shape index (κ3) is 3.02. The van der Waals surface area contributed by atoms with Crippen LogP contribution in [0.3, 0.4) is 0 Å². The number of carboxylic acids is 1. The first-order valence-corrected chi connectivity index (χ1v) is 6.43. The number of carbonyl (C=O) groups is 1. The molecule has 0 saturated carbocycles. The molecule has 0 spiro atoms. The smallest absolute Gasteiger partial charge is 0.307 e. The molecule has 0 aliphatic rings. The molecule has 3 nitrogen and oxygen atoms in total. The molecule has 0 saturated heterocycles. The third-order valence-electron chi connectivity index (χ3n) is 3.19. The lowest BCUT2D eigenvalue weighted by Gasteiger charge is -2.17. The highest BCUT2D eigenvalue weighted by atomic mass is 19.1. The quantitative estimate of drug-likeness (QED) is 0.925. The second-order valence-electron chi connectivity index (χ2n) is 4.98. The second-order valence-corrected chi connectivity index (χ2v) is 4.98. The fourth-order valence-electron chi connectivity index (χ4n) is 2.31. The van der Waals surface area contributed by atoms with Crippen molar-refractivity contribution in [1.82, 2.24) is 4.98 Å². The summed E-state index contributed by atoms with van der Waals surface area (Å²) in [6.45, 7) is 3.85. The Morgan fingerprint density at radius 3 is 2.50 bits per heavy atom. The van der Waals surface area contributed by atoms with E-state index >= 15 is 0 Å². The van der Waals surface area contributed by atoms with Crippen molar-refractivity contribution in [3.8, 4) is 11.1 Å². The van der Waals surface area contributed by atoms with Crippen LogP contribution in [0.5, 0.6) is 0 Å². The molecular formula is C16H16FNO2. The summed E-state index contributed by atoms with van der Waals surface area (Å²) in [4.78, 5) is 15.0. The molecule has 0 radical (unpaired) electrons. The van der Waals surface area contributed by atoms with Gasteiger partial charge in [0.05, 0.1) is 6.42 Å². The van der Waals surface area contributed by atoms with Gasteiger partial charge in [-0.2, -0.15) is 0 Å². The highest BCUT2D eigenvalue weighted by molar-refractivity contribution is 5.78. The second kappa shape index (κ2) is 5.82. The monoisotopic (exact) mass is 273 g/mol. The fraction of sp³-hybridized carbons (Fsp3) is 0.250. The molecule has 0 amide bonds. The molecule has 20 heavy (non-hydrogen) atoms. The van der Waals surface area contributed by atoms with Gasteiger partial charge in [-0.3, -0.25) is 9.78 Å². The van der Waals surface area contributed by atoms with E-state index < -0.39 is 5.97 Å². The first kappa shape index (κ1) is 14.2. The topological polar surface area (TPSA) is 50.2 Å². The largest absolute Gasteiger partial charge is 0.481 e. The minimum Gasteiger partial charge on any atom is -0.481 e. The predicted octanol–water partition coefficient (Wildman–Crippen LogP) is 3.64. The zero-order valence-electron chi connectivity index (χ0n) is 11.4. The van der Waals surface area contributed by atoms with E-state index in [9.17, 15) is 9.18 Å². The number of halogens is 1. The summed E-state index contributed by atoms with van der Waals surface area (Å²) in [6, 6.07) is 6.32. The molecule has 0 bridgehead atoms. The molecule has 1 heterocycles. The van der Waals surface area contributed by atoms with Crippen molar-refractivity contribution in [3.05, 3.63) is 53.6 Å². The van der Waals surface area contributed by atoms with E-state index in [1.807, 2.05) is 13.8 Å². The lowest BCUT2D eigenvalue weighted by molar-refractivity contribution is -0.136. The van der Waals surface area contributed by atoms with Crippen LogP contribution in [0.15, 0.2) is 36.7 Å². The van der Waals surface area contributed by atoms with Gasteiger partial charge in [-0.25, -0.2) is 4.39 Å². The summed E-state index contributed by atoms with van der Waals surface area (Å²) in [6.07, 6.45) is 3.10. The van der Waals surface area contributed by atoms with Crippen LogP contribution in [0.2, 0.25) is 0 Å². The number of nitrogens with zero attached hydrogens (tertiary/aromatic N) is 1. The molecule has 0 atom stereocenters. The van der Waals surface area contributed by atoms with Gasteiger partial charge in [0.25, 0.3) is 0 Å². The highest BCUT2D eigenvalue weighted by Gasteiger charge is 2.17. The zero-order chi connectivity index (χ0) is 14.7. The molecule has 1 aromatic carbocycles. The van der Waals surface area contributed by atoms with Gasteiger partial charge >= 0.3 is 5.97 Å². The molecule has 0 unspecified atom stereocenters. The summed E-state index contributed by atoms with van der Waals surface area (Å²) >= 11 is 0. The molecule has 1 aromatic heterocycles. The van der Waals surface area contributed by atoms with Crippen LogP contribution in [0.25, 0.3) is 11.1 Å². The van der Waals surface area contributed by atoms with Crippen molar-refractivity contribution < 1.29 is 14.3 Å². The molecule has 1 N–H and O–H groups in total. The third-order valence-corrected chi connectivity index (χ3v) is 3.19. The SMILES string of the molecule is CC(C)c1cc(F)cc(-c2ccncc2)c1CC(=O)O. The number of rotatable bonds is 4. The molecule has 0 aliphatic heterocycles. The Hall–Kier alpha value is -2.23. The Balaban J connectivity index is 2.68. The van der Waals surface area contributed by atoms with Crippen LogP contribution in [-0.2, 0) is 11.2 Å². The van der Waals surface area contributed by atoms with Crippen molar-refractivity contribution in [1.29, 1.82) is 0 Å². The van der Waals surface area contributed by atoms with Gasteiger partial charge in [0.1, 0.15) is 5.82 Å². The summed E-state index contributed by atoms with van der Waals surface area (Å²) in [5.41, 5.74) is 2.80. The van der Waals surface area contributed by atoms with Gasteiger partial charge < -0.3 is 5.11 Å². The maximum atomic E-state index is 13.8. The Labute approximate surface area is 117 Å². The van der Waals surface area contributed by atoms with Gasteiger partial charge in [0, 0.05) is 12.4 Å². The first-order chi connectivity index (χ1) is 9.49. The lowest BCUT2D eigenvalue weighted by atomic mass is 9.88. The van der Waals surface area contributed by atoms with E-state index in [-0.39, 0.29) is 18.2 Å². The standard InChI is InChI=1S/C16H16FNO2/c1-10(2)13-7-12(17)8-14(15(13)9-16(19)20)11-3-5-18-6-4-11/h3-8,10H,9H2,1-2H3,(H,19,20). The van der Waals surface area contributed by atoms with E-state index in [4.69, 9.17) is 5.11 Å². The van der Waals surface area contributed by atoms with Crippen LogP contribution in [0.4, 0.5) is 4.39 Å². The highest BCUT2D eigenvalue weighted by Crippen LogP contribution is 2.31. The van der Waals surface area contributed by atoms with Crippen LogP contribution in [0, 0.1) is 5.82 Å². The van der Waals surface area contributed by atoms with Crippen LogP contribution < -0.4 is 0 Å². The van der Waals surface area contributed by atoms with E-state index in [1.54, 1.807) is 24.5 Å². The summed E-state index contributed by atoms with van der Waals surface area (Å²) in [5.74, 6) is -1.22. The first-order valence-electron chi connectivity index (χ1n) is 6.43. The van der Waals surface area contributed by atoms with Gasteiger partial charge in [-0.1, -0.05) is 13.8 Å². The number of hydrogen-bond acceptors (Lipinski definition) is 2. The van der Waals surface area contributed by atoms with Crippen LogP contribution in [0.1, 0.15) is 30.9 Å². The minimum atomic E-state index is -0.922. The Morgan fingerprint density at radius 1 is 1.30 bits per heavy atom. The van der Waals surface area contributed by atoms with Crippen LogP contribution >= 0.6 is 0 Å². The number of benzene rings is 1. The average molecular weight is 273 g/mol. The van der Waals surface area contributed by atoms with Crippen molar-refractivity contribution >= 4 is 5.97 Å². The maximum absolute atomic E-state index is 13.8. The van der Waals surface area contributed by atoms with E-state index in [0.717, 1.165) is 11.1 Å². The van der Waals surface area contributed by atoms with Crippen molar-refractivity contribution in [2.45, 2.75) is 26.2 Å². The molecule has 4 heteroatoms.